The highest BCUT2D eigenvalue weighted by atomic mass is 16.1. The fourth-order valence-corrected chi connectivity index (χ4v) is 5.39. The Morgan fingerprint density at radius 1 is 0.865 bits per heavy atom. The van der Waals surface area contributed by atoms with Gasteiger partial charge in [-0.25, -0.2) is 0 Å². The monoisotopic (exact) mass is 487 g/mol. The number of nitrogens with one attached hydrogen (secondary N) is 1. The van der Waals surface area contributed by atoms with Crippen molar-refractivity contribution in [3.05, 3.63) is 107 Å². The van der Waals surface area contributed by atoms with E-state index in [1.54, 1.807) is 4.57 Å². The predicted octanol–water partition coefficient (Wildman–Crippen LogP) is 5.10. The van der Waals surface area contributed by atoms with Crippen LogP contribution in [0.2, 0.25) is 0 Å². The maximum Gasteiger partial charge on any atom is 0.262 e. The van der Waals surface area contributed by atoms with Gasteiger partial charge in [0, 0.05) is 66.2 Å². The minimum Gasteiger partial charge on any atom is -0.369 e. The first-order valence-corrected chi connectivity index (χ1v) is 12.9. The molecule has 37 heavy (non-hydrogen) atoms. The maximum atomic E-state index is 12.9. The molecule has 6 heteroatoms. The molecule has 184 valence electrons. The summed E-state index contributed by atoms with van der Waals surface area (Å²) < 4.78 is 1.72. The first kappa shape index (κ1) is 23.1. The second-order valence-electron chi connectivity index (χ2n) is 9.71. The predicted molar refractivity (Wildman–Crippen MR) is 150 cm³/mol. The summed E-state index contributed by atoms with van der Waals surface area (Å²) in [6.45, 7) is 5.14. The van der Waals surface area contributed by atoms with E-state index in [0.717, 1.165) is 67.5 Å². The average molecular weight is 488 g/mol. The molecule has 1 aliphatic rings. The third-order valence-electron chi connectivity index (χ3n) is 7.50. The number of nitriles is 1. The van der Waals surface area contributed by atoms with Gasteiger partial charge in [-0.15, -0.1) is 0 Å². The van der Waals surface area contributed by atoms with E-state index in [2.05, 4.69) is 39.2 Å². The van der Waals surface area contributed by atoms with Crippen LogP contribution in [0.15, 0.2) is 90.0 Å². The SMILES string of the molecule is N#Cc1ccc2[nH]cc(CCCN3CCN(c4ccc(-n5ccc6ccccc6c5=O)cc4)CC3)c2c1. The Hall–Kier alpha value is -4.34. The molecule has 0 amide bonds. The third-order valence-corrected chi connectivity index (χ3v) is 7.50. The number of aromatic amines is 1. The summed E-state index contributed by atoms with van der Waals surface area (Å²) in [4.78, 5) is 21.2. The number of nitrogens with zero attached hydrogens (tertiary/aromatic N) is 4. The lowest BCUT2D eigenvalue weighted by Crippen LogP contribution is -2.46. The Morgan fingerprint density at radius 2 is 1.65 bits per heavy atom. The van der Waals surface area contributed by atoms with Crippen LogP contribution in [0.1, 0.15) is 17.5 Å². The van der Waals surface area contributed by atoms with Crippen molar-refractivity contribution >= 4 is 27.4 Å². The topological polar surface area (TPSA) is 68.1 Å². The van der Waals surface area contributed by atoms with Gasteiger partial charge in [-0.3, -0.25) is 14.3 Å². The molecular formula is C31H29N5O. The summed E-state index contributed by atoms with van der Waals surface area (Å²) in [5.41, 5.74) is 5.19. The number of H-pyrrole nitrogens is 1. The maximum absolute atomic E-state index is 12.9. The summed E-state index contributed by atoms with van der Waals surface area (Å²) in [6, 6.07) is 26.1. The second-order valence-corrected chi connectivity index (χ2v) is 9.71. The van der Waals surface area contributed by atoms with E-state index < -0.39 is 0 Å². The molecule has 0 saturated carbocycles. The van der Waals surface area contributed by atoms with Gasteiger partial charge < -0.3 is 9.88 Å². The number of piperazine rings is 1. The largest absolute Gasteiger partial charge is 0.369 e. The van der Waals surface area contributed by atoms with Crippen LogP contribution < -0.4 is 10.5 Å². The molecule has 6 nitrogen and oxygen atoms in total. The van der Waals surface area contributed by atoms with Gasteiger partial charge in [-0.1, -0.05) is 18.2 Å². The summed E-state index contributed by atoms with van der Waals surface area (Å²) in [6.07, 6.45) is 6.04. The van der Waals surface area contributed by atoms with Crippen molar-refractivity contribution in [2.45, 2.75) is 12.8 Å². The Kier molecular flexibility index (Phi) is 6.21. The molecule has 0 atom stereocenters. The van der Waals surface area contributed by atoms with Crippen LogP contribution in [0.25, 0.3) is 27.4 Å². The van der Waals surface area contributed by atoms with Gasteiger partial charge in [0.25, 0.3) is 5.56 Å². The van der Waals surface area contributed by atoms with Gasteiger partial charge in [0.1, 0.15) is 0 Å². The van der Waals surface area contributed by atoms with Crippen molar-refractivity contribution in [2.24, 2.45) is 0 Å². The smallest absolute Gasteiger partial charge is 0.262 e. The minimum atomic E-state index is 0.0117. The minimum absolute atomic E-state index is 0.0117. The Labute approximate surface area is 216 Å². The molecule has 1 aliphatic heterocycles. The van der Waals surface area contributed by atoms with Crippen molar-refractivity contribution in [1.29, 1.82) is 5.26 Å². The molecule has 0 radical (unpaired) electrons. The normalized spacial score (nSPS) is 14.3. The fourth-order valence-electron chi connectivity index (χ4n) is 5.39. The lowest BCUT2D eigenvalue weighted by Gasteiger charge is -2.36. The molecule has 0 unspecified atom stereocenters. The van der Waals surface area contributed by atoms with E-state index in [1.807, 2.05) is 66.9 Å². The first-order valence-electron chi connectivity index (χ1n) is 12.9. The lowest BCUT2D eigenvalue weighted by atomic mass is 10.1. The van der Waals surface area contributed by atoms with Crippen LogP contribution in [0, 0.1) is 11.3 Å². The molecule has 1 saturated heterocycles. The highest BCUT2D eigenvalue weighted by Gasteiger charge is 2.17. The van der Waals surface area contributed by atoms with Gasteiger partial charge in [0.15, 0.2) is 0 Å². The average Bonchev–Trinajstić information content (AvgIpc) is 3.36. The highest BCUT2D eigenvalue weighted by Crippen LogP contribution is 2.22. The number of benzene rings is 3. The quantitative estimate of drug-likeness (QED) is 0.362. The molecule has 1 fully saturated rings. The van der Waals surface area contributed by atoms with Crippen molar-refractivity contribution < 1.29 is 0 Å². The molecule has 3 aromatic carbocycles. The molecule has 2 aromatic heterocycles. The third kappa shape index (κ3) is 4.62. The molecule has 0 bridgehead atoms. The molecule has 1 N–H and O–H groups in total. The summed E-state index contributed by atoms with van der Waals surface area (Å²) in [7, 11) is 0. The van der Waals surface area contributed by atoms with Crippen LogP contribution in [0.3, 0.4) is 0 Å². The first-order chi connectivity index (χ1) is 18.2. The summed E-state index contributed by atoms with van der Waals surface area (Å²) in [5, 5.41) is 12.1. The Balaban J connectivity index is 1.04. The number of hydrogen-bond acceptors (Lipinski definition) is 4. The van der Waals surface area contributed by atoms with Crippen molar-refractivity contribution in [3.8, 4) is 11.8 Å². The van der Waals surface area contributed by atoms with Crippen molar-refractivity contribution in [3.63, 3.8) is 0 Å². The van der Waals surface area contributed by atoms with Gasteiger partial charge in [-0.05, 0) is 84.9 Å². The zero-order valence-electron chi connectivity index (χ0n) is 20.7. The fraction of sp³-hybridized carbons (Fsp3) is 0.226. The number of aryl methyl sites for hydroxylation is 1. The van der Waals surface area contributed by atoms with Crippen molar-refractivity contribution in [1.82, 2.24) is 14.5 Å². The molecule has 5 aromatic rings. The molecule has 3 heterocycles. The van der Waals surface area contributed by atoms with E-state index >= 15 is 0 Å². The zero-order chi connectivity index (χ0) is 25.2. The molecule has 0 aliphatic carbocycles. The van der Waals surface area contributed by atoms with Gasteiger partial charge in [0.2, 0.25) is 0 Å². The Morgan fingerprint density at radius 3 is 2.46 bits per heavy atom. The molecule has 0 spiro atoms. The number of aromatic nitrogens is 2. The van der Waals surface area contributed by atoms with Crippen LogP contribution >= 0.6 is 0 Å². The zero-order valence-corrected chi connectivity index (χ0v) is 20.7. The van der Waals surface area contributed by atoms with Crippen LogP contribution in [0.4, 0.5) is 5.69 Å². The van der Waals surface area contributed by atoms with E-state index in [4.69, 9.17) is 0 Å². The van der Waals surface area contributed by atoms with Crippen molar-refractivity contribution in [2.75, 3.05) is 37.6 Å². The molecular weight excluding hydrogens is 458 g/mol. The van der Waals surface area contributed by atoms with E-state index in [9.17, 15) is 10.1 Å². The van der Waals surface area contributed by atoms with Crippen LogP contribution in [-0.4, -0.2) is 47.2 Å². The van der Waals surface area contributed by atoms with E-state index in [0.29, 0.717) is 5.56 Å². The van der Waals surface area contributed by atoms with Crippen LogP contribution in [-0.2, 0) is 6.42 Å². The molecule has 6 rings (SSSR count). The number of rotatable bonds is 6. The number of pyridine rings is 1. The lowest BCUT2D eigenvalue weighted by molar-refractivity contribution is 0.255. The highest BCUT2D eigenvalue weighted by molar-refractivity contribution is 5.84. The van der Waals surface area contributed by atoms with Gasteiger partial charge >= 0.3 is 0 Å². The van der Waals surface area contributed by atoms with E-state index in [1.165, 1.54) is 16.6 Å². The van der Waals surface area contributed by atoms with Gasteiger partial charge in [-0.2, -0.15) is 5.26 Å². The number of hydrogen-bond donors (Lipinski definition) is 1. The van der Waals surface area contributed by atoms with Crippen LogP contribution in [0.5, 0.6) is 0 Å². The standard InChI is InChI=1S/C31H29N5O/c32-21-23-7-12-30-29(20-23)25(22-33-30)5-3-14-34-16-18-35(19-17-34)26-8-10-27(11-9-26)36-15-13-24-4-1-2-6-28(24)31(36)37/h1-2,4,6-13,15,20,22,33H,3,5,14,16-19H2. The number of anilines is 1. The second kappa shape index (κ2) is 9.96. The number of fused-ring (bicyclic) bond motifs is 2. The van der Waals surface area contributed by atoms with E-state index in [-0.39, 0.29) is 5.56 Å². The summed E-state index contributed by atoms with van der Waals surface area (Å²) >= 11 is 0. The summed E-state index contributed by atoms with van der Waals surface area (Å²) in [5.74, 6) is 0. The van der Waals surface area contributed by atoms with Gasteiger partial charge in [0.05, 0.1) is 11.6 Å². The Bertz CT molecular complexity index is 1650.